The van der Waals surface area contributed by atoms with Crippen LogP contribution in [0, 0.1) is 0 Å². The predicted octanol–water partition coefficient (Wildman–Crippen LogP) is 3.50. The average molecular weight is 436 g/mol. The van der Waals surface area contributed by atoms with E-state index in [9.17, 15) is 14.4 Å². The molecule has 0 radical (unpaired) electrons. The first kappa shape index (κ1) is 19.5. The molecule has 3 heterocycles. The van der Waals surface area contributed by atoms with Crippen molar-refractivity contribution in [3.05, 3.63) is 45.6 Å². The van der Waals surface area contributed by atoms with Crippen molar-refractivity contribution in [1.29, 1.82) is 0 Å². The Labute approximate surface area is 175 Å². The number of nitrogens with one attached hydrogen (secondary N) is 1. The molecule has 1 aromatic carbocycles. The van der Waals surface area contributed by atoms with E-state index in [4.69, 9.17) is 21.1 Å². The molecule has 0 saturated carbocycles. The maximum absolute atomic E-state index is 12.2. The number of carbonyl (C=O) groups excluding carboxylic acids is 3. The van der Waals surface area contributed by atoms with Crippen LogP contribution in [-0.2, 0) is 9.47 Å². The Kier molecular flexibility index (Phi) is 5.59. The van der Waals surface area contributed by atoms with E-state index < -0.39 is 12.2 Å². The minimum absolute atomic E-state index is 0.203. The summed E-state index contributed by atoms with van der Waals surface area (Å²) in [7, 11) is 0. The highest BCUT2D eigenvalue weighted by Gasteiger charge is 2.33. The summed E-state index contributed by atoms with van der Waals surface area (Å²) in [6.45, 7) is 1.55. The van der Waals surface area contributed by atoms with E-state index in [1.807, 2.05) is 0 Å². The van der Waals surface area contributed by atoms with Gasteiger partial charge in [-0.15, -0.1) is 11.3 Å². The fourth-order valence-corrected chi connectivity index (χ4v) is 4.13. The Morgan fingerprint density at radius 3 is 2.48 bits per heavy atom. The highest BCUT2D eigenvalue weighted by Crippen LogP contribution is 2.26. The average Bonchev–Trinajstić information content (AvgIpc) is 3.32. The predicted molar refractivity (Wildman–Crippen MR) is 109 cm³/mol. The number of cyclic esters (lactones) is 2. The van der Waals surface area contributed by atoms with Gasteiger partial charge in [-0.2, -0.15) is 0 Å². The minimum Gasteiger partial charge on any atom is -0.449 e. The lowest BCUT2D eigenvalue weighted by Crippen LogP contribution is -2.37. The van der Waals surface area contributed by atoms with E-state index >= 15 is 0 Å². The molecule has 152 valence electrons. The van der Waals surface area contributed by atoms with Gasteiger partial charge in [0.25, 0.3) is 5.91 Å². The van der Waals surface area contributed by atoms with Crippen molar-refractivity contribution in [3.8, 4) is 0 Å². The number of hydrogen-bond acceptors (Lipinski definition) is 6. The van der Waals surface area contributed by atoms with Crippen molar-refractivity contribution in [2.45, 2.75) is 12.5 Å². The van der Waals surface area contributed by atoms with Gasteiger partial charge in [-0.1, -0.05) is 11.6 Å². The van der Waals surface area contributed by atoms with Crippen LogP contribution >= 0.6 is 22.9 Å². The lowest BCUT2D eigenvalue weighted by molar-refractivity contribution is 0.0920. The summed E-state index contributed by atoms with van der Waals surface area (Å²) in [5, 5.41) is 2.75. The highest BCUT2D eigenvalue weighted by molar-refractivity contribution is 7.18. The summed E-state index contributed by atoms with van der Waals surface area (Å²) in [5.74, 6) is -0.255. The summed E-state index contributed by atoms with van der Waals surface area (Å²) < 4.78 is 10.9. The quantitative estimate of drug-likeness (QED) is 0.776. The van der Waals surface area contributed by atoms with Crippen LogP contribution in [0.3, 0.4) is 0 Å². The van der Waals surface area contributed by atoms with Gasteiger partial charge in [-0.3, -0.25) is 14.6 Å². The van der Waals surface area contributed by atoms with E-state index in [1.165, 1.54) is 16.2 Å². The molecular formula is C19H18ClN3O5S. The highest BCUT2D eigenvalue weighted by atomic mass is 35.5. The molecule has 2 fully saturated rings. The van der Waals surface area contributed by atoms with Crippen molar-refractivity contribution in [1.82, 2.24) is 5.32 Å². The number of carbonyl (C=O) groups is 3. The Morgan fingerprint density at radius 1 is 1.10 bits per heavy atom. The molecule has 10 heteroatoms. The molecule has 1 atom stereocenters. The number of ether oxygens (including phenoxy) is 2. The van der Waals surface area contributed by atoms with Gasteiger partial charge in [-0.05, 0) is 42.8 Å². The first-order chi connectivity index (χ1) is 14.0. The Bertz CT molecular complexity index is 932. The van der Waals surface area contributed by atoms with Crippen molar-refractivity contribution < 1.29 is 23.9 Å². The normalized spacial score (nSPS) is 19.1. The first-order valence-electron chi connectivity index (χ1n) is 9.07. The number of anilines is 2. The summed E-state index contributed by atoms with van der Waals surface area (Å²) in [5.41, 5.74) is 1.37. The van der Waals surface area contributed by atoms with Gasteiger partial charge >= 0.3 is 12.2 Å². The molecule has 0 aliphatic carbocycles. The van der Waals surface area contributed by atoms with Crippen LogP contribution < -0.4 is 15.1 Å². The second-order valence-electron chi connectivity index (χ2n) is 6.57. The SMILES string of the molecule is O=C(NCC1CN(c2ccc(N3CCCOC3=O)cc2)C(=O)O1)c1ccc(Cl)s1. The van der Waals surface area contributed by atoms with Crippen LogP contribution in [0.2, 0.25) is 4.34 Å². The monoisotopic (exact) mass is 435 g/mol. The lowest BCUT2D eigenvalue weighted by atomic mass is 10.2. The maximum atomic E-state index is 12.2. The zero-order valence-corrected chi connectivity index (χ0v) is 16.9. The molecule has 2 aliphatic heterocycles. The van der Waals surface area contributed by atoms with Crippen LogP contribution in [0.5, 0.6) is 0 Å². The lowest BCUT2D eigenvalue weighted by Gasteiger charge is -2.26. The number of thiophene rings is 1. The topological polar surface area (TPSA) is 88.2 Å². The van der Waals surface area contributed by atoms with Crippen LogP contribution in [0.25, 0.3) is 0 Å². The Balaban J connectivity index is 1.35. The molecule has 1 aromatic heterocycles. The molecular weight excluding hydrogens is 418 g/mol. The van der Waals surface area contributed by atoms with Crippen molar-refractivity contribution in [3.63, 3.8) is 0 Å². The standard InChI is InChI=1S/C19H18ClN3O5S/c20-16-7-6-15(29-16)17(24)21-10-14-11-23(19(26)28-14)13-4-2-12(3-5-13)22-8-1-9-27-18(22)25/h2-7,14H,1,8-11H2,(H,21,24). The van der Waals surface area contributed by atoms with Crippen LogP contribution in [0.15, 0.2) is 36.4 Å². The van der Waals surface area contributed by atoms with E-state index in [2.05, 4.69) is 5.32 Å². The van der Waals surface area contributed by atoms with Gasteiger partial charge in [0.1, 0.15) is 6.10 Å². The molecule has 8 nitrogen and oxygen atoms in total. The van der Waals surface area contributed by atoms with E-state index in [1.54, 1.807) is 41.3 Å². The Morgan fingerprint density at radius 2 is 1.83 bits per heavy atom. The fourth-order valence-electron chi connectivity index (χ4n) is 3.17. The second kappa shape index (κ2) is 8.30. The molecule has 1 unspecified atom stereocenters. The van der Waals surface area contributed by atoms with Crippen LogP contribution in [-0.4, -0.2) is 50.4 Å². The van der Waals surface area contributed by atoms with Gasteiger partial charge in [0.05, 0.1) is 28.9 Å². The number of halogens is 1. The molecule has 3 amide bonds. The molecule has 1 N–H and O–H groups in total. The second-order valence-corrected chi connectivity index (χ2v) is 8.28. The van der Waals surface area contributed by atoms with Crippen molar-refractivity contribution >= 4 is 52.4 Å². The number of rotatable bonds is 5. The van der Waals surface area contributed by atoms with Gasteiger partial charge in [-0.25, -0.2) is 9.59 Å². The third-order valence-corrected chi connectivity index (χ3v) is 5.84. The number of hydrogen-bond donors (Lipinski definition) is 1. The number of benzene rings is 1. The Hall–Kier alpha value is -2.78. The number of nitrogens with zero attached hydrogens (tertiary/aromatic N) is 2. The first-order valence-corrected chi connectivity index (χ1v) is 10.3. The largest absolute Gasteiger partial charge is 0.449 e. The van der Waals surface area contributed by atoms with E-state index in [-0.39, 0.29) is 18.5 Å². The molecule has 2 aliphatic rings. The molecule has 2 aromatic rings. The molecule has 0 spiro atoms. The van der Waals surface area contributed by atoms with Gasteiger partial charge in [0.15, 0.2) is 0 Å². The molecule has 4 rings (SSSR count). The van der Waals surface area contributed by atoms with Crippen molar-refractivity contribution in [2.75, 3.05) is 36.0 Å². The summed E-state index contributed by atoms with van der Waals surface area (Å²) in [6.07, 6.45) is -0.531. The third kappa shape index (κ3) is 4.30. The van der Waals surface area contributed by atoms with Gasteiger partial charge in [0, 0.05) is 17.9 Å². The van der Waals surface area contributed by atoms with Crippen LogP contribution in [0.1, 0.15) is 16.1 Å². The van der Waals surface area contributed by atoms with Crippen LogP contribution in [0.4, 0.5) is 21.0 Å². The zero-order chi connectivity index (χ0) is 20.4. The number of amides is 3. The zero-order valence-electron chi connectivity index (χ0n) is 15.3. The third-order valence-electron chi connectivity index (χ3n) is 4.61. The summed E-state index contributed by atoms with van der Waals surface area (Å²) >= 11 is 7.03. The van der Waals surface area contributed by atoms with E-state index in [0.29, 0.717) is 40.3 Å². The van der Waals surface area contributed by atoms with Crippen molar-refractivity contribution in [2.24, 2.45) is 0 Å². The summed E-state index contributed by atoms with van der Waals surface area (Å²) in [4.78, 5) is 39.7. The van der Waals surface area contributed by atoms with Gasteiger partial charge < -0.3 is 14.8 Å². The smallest absolute Gasteiger partial charge is 0.414 e. The van der Waals surface area contributed by atoms with Gasteiger partial charge in [0.2, 0.25) is 0 Å². The fraction of sp³-hybridized carbons (Fsp3) is 0.316. The summed E-state index contributed by atoms with van der Waals surface area (Å²) in [6, 6.07) is 10.4. The molecule has 2 saturated heterocycles. The molecule has 0 bridgehead atoms. The molecule has 29 heavy (non-hydrogen) atoms. The maximum Gasteiger partial charge on any atom is 0.414 e. The van der Waals surface area contributed by atoms with E-state index in [0.717, 1.165) is 6.42 Å². The minimum atomic E-state index is -0.478.